The van der Waals surface area contributed by atoms with E-state index in [2.05, 4.69) is 5.32 Å². The average Bonchev–Trinajstić information content (AvgIpc) is 2.66. The Kier molecular flexibility index (Phi) is 2.05. The Labute approximate surface area is 98.1 Å². The second-order valence-corrected chi connectivity index (χ2v) is 3.88. The van der Waals surface area contributed by atoms with Crippen LogP contribution in [0.5, 0.6) is 0 Å². The molecule has 3 heteroatoms. The number of rotatable bonds is 1. The molecule has 0 bridgehead atoms. The molecular formula is C14H9NO2. The highest BCUT2D eigenvalue weighted by Gasteiger charge is 2.29. The monoisotopic (exact) mass is 223 g/mol. The van der Waals surface area contributed by atoms with E-state index in [-0.39, 0.29) is 11.8 Å². The zero-order valence-corrected chi connectivity index (χ0v) is 8.94. The summed E-state index contributed by atoms with van der Waals surface area (Å²) in [4.78, 5) is 23.3. The third-order valence-corrected chi connectivity index (χ3v) is 2.85. The number of amides is 2. The van der Waals surface area contributed by atoms with Gasteiger partial charge in [0.2, 0.25) is 0 Å². The second-order valence-electron chi connectivity index (χ2n) is 3.88. The van der Waals surface area contributed by atoms with Crippen molar-refractivity contribution >= 4 is 11.8 Å². The van der Waals surface area contributed by atoms with E-state index < -0.39 is 0 Å². The van der Waals surface area contributed by atoms with Crippen molar-refractivity contribution in [2.75, 3.05) is 0 Å². The van der Waals surface area contributed by atoms with Crippen molar-refractivity contribution in [2.24, 2.45) is 0 Å². The molecule has 1 aliphatic heterocycles. The first-order valence-corrected chi connectivity index (χ1v) is 5.31. The summed E-state index contributed by atoms with van der Waals surface area (Å²) < 4.78 is 0. The van der Waals surface area contributed by atoms with Crippen LogP contribution in [0.25, 0.3) is 11.1 Å². The highest BCUT2D eigenvalue weighted by atomic mass is 16.2. The molecule has 0 saturated heterocycles. The number of fused-ring (bicyclic) bond motifs is 1. The average molecular weight is 223 g/mol. The quantitative estimate of drug-likeness (QED) is 0.753. The van der Waals surface area contributed by atoms with E-state index in [4.69, 9.17) is 0 Å². The molecule has 0 spiro atoms. The predicted molar refractivity (Wildman–Crippen MR) is 63.7 cm³/mol. The Hall–Kier alpha value is -2.42. The number of hydrogen-bond acceptors (Lipinski definition) is 2. The maximum atomic E-state index is 11.7. The first-order chi connectivity index (χ1) is 8.27. The number of carbonyl (C=O) groups is 2. The molecule has 0 aliphatic carbocycles. The van der Waals surface area contributed by atoms with Gasteiger partial charge in [-0.05, 0) is 17.2 Å². The molecular weight excluding hydrogens is 214 g/mol. The first-order valence-electron chi connectivity index (χ1n) is 5.31. The summed E-state index contributed by atoms with van der Waals surface area (Å²) in [6.45, 7) is 0. The lowest BCUT2D eigenvalue weighted by Crippen LogP contribution is -2.20. The molecule has 82 valence electrons. The Balaban J connectivity index is 2.27. The Morgan fingerprint density at radius 1 is 0.706 bits per heavy atom. The summed E-state index contributed by atoms with van der Waals surface area (Å²) in [5.41, 5.74) is 2.67. The summed E-state index contributed by atoms with van der Waals surface area (Å²) in [6, 6.07) is 14.9. The molecule has 0 aromatic heterocycles. The lowest BCUT2D eigenvalue weighted by atomic mass is 9.97. The van der Waals surface area contributed by atoms with Gasteiger partial charge in [0, 0.05) is 0 Å². The third-order valence-electron chi connectivity index (χ3n) is 2.85. The van der Waals surface area contributed by atoms with Crippen LogP contribution in [0.15, 0.2) is 48.5 Å². The molecule has 2 aromatic carbocycles. The van der Waals surface area contributed by atoms with Crippen LogP contribution >= 0.6 is 0 Å². The fourth-order valence-corrected chi connectivity index (χ4v) is 2.08. The number of hydrogen-bond donors (Lipinski definition) is 1. The zero-order valence-electron chi connectivity index (χ0n) is 8.94. The summed E-state index contributed by atoms with van der Waals surface area (Å²) in [7, 11) is 0. The van der Waals surface area contributed by atoms with Crippen LogP contribution in [0.1, 0.15) is 20.7 Å². The standard InChI is InChI=1S/C14H9NO2/c16-13-11-8-4-7-10(12(11)14(17)15-13)9-5-2-1-3-6-9/h1-8H,(H,15,16,17). The molecule has 0 radical (unpaired) electrons. The fraction of sp³-hybridized carbons (Fsp3) is 0. The Bertz CT molecular complexity index is 617. The lowest BCUT2D eigenvalue weighted by molar-refractivity contribution is 0.0880. The van der Waals surface area contributed by atoms with Gasteiger partial charge in [0.1, 0.15) is 0 Å². The van der Waals surface area contributed by atoms with Gasteiger partial charge in [0.15, 0.2) is 0 Å². The number of benzene rings is 2. The van der Waals surface area contributed by atoms with Crippen LogP contribution in [-0.2, 0) is 0 Å². The van der Waals surface area contributed by atoms with Crippen molar-refractivity contribution in [2.45, 2.75) is 0 Å². The van der Waals surface area contributed by atoms with Crippen molar-refractivity contribution in [3.63, 3.8) is 0 Å². The fourth-order valence-electron chi connectivity index (χ4n) is 2.08. The molecule has 2 amide bonds. The minimum atomic E-state index is -0.317. The van der Waals surface area contributed by atoms with Crippen molar-refractivity contribution in [3.8, 4) is 11.1 Å². The topological polar surface area (TPSA) is 46.2 Å². The summed E-state index contributed by atoms with van der Waals surface area (Å²) in [6.07, 6.45) is 0. The number of imide groups is 1. The molecule has 1 aliphatic rings. The van der Waals surface area contributed by atoms with Gasteiger partial charge < -0.3 is 0 Å². The molecule has 1 heterocycles. The SMILES string of the molecule is O=C1NC(=O)c2c1cccc2-c1ccccc1. The van der Waals surface area contributed by atoms with Gasteiger partial charge in [-0.15, -0.1) is 0 Å². The van der Waals surface area contributed by atoms with E-state index in [1.807, 2.05) is 36.4 Å². The minimum Gasteiger partial charge on any atom is -0.288 e. The zero-order chi connectivity index (χ0) is 11.8. The molecule has 1 N–H and O–H groups in total. The van der Waals surface area contributed by atoms with Gasteiger partial charge in [-0.3, -0.25) is 14.9 Å². The first kappa shape index (κ1) is 9.78. The van der Waals surface area contributed by atoms with Crippen LogP contribution in [0.4, 0.5) is 0 Å². The molecule has 3 nitrogen and oxygen atoms in total. The molecule has 0 unspecified atom stereocenters. The third kappa shape index (κ3) is 1.44. The molecule has 2 aromatic rings. The van der Waals surface area contributed by atoms with Crippen molar-refractivity contribution < 1.29 is 9.59 Å². The highest BCUT2D eigenvalue weighted by molar-refractivity contribution is 6.24. The van der Waals surface area contributed by atoms with Gasteiger partial charge in [-0.25, -0.2) is 0 Å². The van der Waals surface area contributed by atoms with E-state index in [9.17, 15) is 9.59 Å². The second kappa shape index (κ2) is 3.56. The molecule has 0 saturated carbocycles. The van der Waals surface area contributed by atoms with E-state index >= 15 is 0 Å². The van der Waals surface area contributed by atoms with Crippen molar-refractivity contribution in [1.29, 1.82) is 0 Å². The smallest absolute Gasteiger partial charge is 0.259 e. The van der Waals surface area contributed by atoms with Gasteiger partial charge in [-0.2, -0.15) is 0 Å². The minimum absolute atomic E-state index is 0.315. The Morgan fingerprint density at radius 3 is 2.18 bits per heavy atom. The lowest BCUT2D eigenvalue weighted by Gasteiger charge is -2.05. The summed E-state index contributed by atoms with van der Waals surface area (Å²) in [5, 5.41) is 2.31. The van der Waals surface area contributed by atoms with Gasteiger partial charge in [-0.1, -0.05) is 42.5 Å². The normalized spacial score (nSPS) is 13.4. The Morgan fingerprint density at radius 2 is 1.41 bits per heavy atom. The van der Waals surface area contributed by atoms with E-state index in [1.54, 1.807) is 12.1 Å². The van der Waals surface area contributed by atoms with Gasteiger partial charge in [0.05, 0.1) is 11.1 Å². The molecule has 0 atom stereocenters. The summed E-state index contributed by atoms with van der Waals surface area (Å²) >= 11 is 0. The highest BCUT2D eigenvalue weighted by Crippen LogP contribution is 2.28. The maximum Gasteiger partial charge on any atom is 0.259 e. The van der Waals surface area contributed by atoms with Crippen LogP contribution in [0, 0.1) is 0 Å². The maximum absolute atomic E-state index is 11.7. The van der Waals surface area contributed by atoms with E-state index in [1.165, 1.54) is 0 Å². The largest absolute Gasteiger partial charge is 0.288 e. The van der Waals surface area contributed by atoms with Crippen LogP contribution in [-0.4, -0.2) is 11.8 Å². The van der Waals surface area contributed by atoms with Crippen LogP contribution in [0.3, 0.4) is 0 Å². The molecule has 17 heavy (non-hydrogen) atoms. The number of carbonyl (C=O) groups excluding carboxylic acids is 2. The summed E-state index contributed by atoms with van der Waals surface area (Å²) in [5.74, 6) is -0.632. The predicted octanol–water partition coefficient (Wildman–Crippen LogP) is 2.24. The van der Waals surface area contributed by atoms with Gasteiger partial charge in [0.25, 0.3) is 11.8 Å². The molecule has 0 fully saturated rings. The van der Waals surface area contributed by atoms with Gasteiger partial charge >= 0.3 is 0 Å². The van der Waals surface area contributed by atoms with E-state index in [0.717, 1.165) is 11.1 Å². The number of nitrogens with one attached hydrogen (secondary N) is 1. The van der Waals surface area contributed by atoms with Crippen LogP contribution < -0.4 is 5.32 Å². The van der Waals surface area contributed by atoms with Crippen molar-refractivity contribution in [1.82, 2.24) is 5.32 Å². The molecule has 3 rings (SSSR count). The van der Waals surface area contributed by atoms with Crippen LogP contribution in [0.2, 0.25) is 0 Å². The van der Waals surface area contributed by atoms with Crippen molar-refractivity contribution in [3.05, 3.63) is 59.7 Å². The van der Waals surface area contributed by atoms with E-state index in [0.29, 0.717) is 11.1 Å².